The number of carboxylic acid groups (broad SMARTS) is 1. The van der Waals surface area contributed by atoms with Crippen LogP contribution >= 0.6 is 0 Å². The molecule has 226 valence electrons. The Bertz CT molecular complexity index is 671. The van der Waals surface area contributed by atoms with Gasteiger partial charge in [-0.3, -0.25) is 9.35 Å². The minimum atomic E-state index is -5.01. The molecule has 1 N–H and O–H groups in total. The van der Waals surface area contributed by atoms with Gasteiger partial charge >= 0.3 is 45.9 Å². The molecule has 0 bridgehead atoms. The first-order valence-electron chi connectivity index (χ1n) is 15.6. The molecular formula is C30H57NaO7S. The Hall–Kier alpha value is -0.150. The van der Waals surface area contributed by atoms with Crippen LogP contribution in [0.3, 0.4) is 0 Å². The molecule has 0 fully saturated rings. The summed E-state index contributed by atoms with van der Waals surface area (Å²) in [5, 5.41) is 11.6. The number of hydrogen-bond donors (Lipinski definition) is 1. The third-order valence-corrected chi connectivity index (χ3v) is 7.98. The van der Waals surface area contributed by atoms with E-state index in [9.17, 15) is 23.1 Å². The van der Waals surface area contributed by atoms with E-state index in [-0.39, 0.29) is 42.4 Å². The van der Waals surface area contributed by atoms with Gasteiger partial charge in [0.05, 0.1) is 5.41 Å². The molecule has 0 aromatic carbocycles. The molecule has 0 unspecified atom stereocenters. The number of carboxylic acids is 1. The first-order valence-corrected chi connectivity index (χ1v) is 16.9. The molecule has 0 spiro atoms. The van der Waals surface area contributed by atoms with E-state index in [4.69, 9.17) is 4.55 Å². The van der Waals surface area contributed by atoms with Crippen LogP contribution in [0.5, 0.6) is 0 Å². The van der Waals surface area contributed by atoms with Crippen LogP contribution in [0.2, 0.25) is 0 Å². The van der Waals surface area contributed by atoms with Crippen LogP contribution in [-0.2, 0) is 24.2 Å². The maximum absolute atomic E-state index is 12.8. The first kappa shape index (κ1) is 41.0. The molecule has 0 atom stereocenters. The zero-order valence-electron chi connectivity index (χ0n) is 25.5. The second-order valence-electron chi connectivity index (χ2n) is 11.2. The normalized spacial score (nSPS) is 11.8. The fourth-order valence-corrected chi connectivity index (χ4v) is 5.66. The molecule has 7 nitrogen and oxygen atoms in total. The molecule has 0 radical (unpaired) electrons. The van der Waals surface area contributed by atoms with Crippen molar-refractivity contribution in [3.8, 4) is 0 Å². The van der Waals surface area contributed by atoms with Gasteiger partial charge in [0, 0.05) is 12.4 Å². The van der Waals surface area contributed by atoms with Crippen LogP contribution in [0.15, 0.2) is 0 Å². The van der Waals surface area contributed by atoms with Gasteiger partial charge in [-0.15, -0.1) is 0 Å². The van der Waals surface area contributed by atoms with Crippen molar-refractivity contribution >= 4 is 22.3 Å². The second kappa shape index (κ2) is 26.7. The zero-order valence-corrected chi connectivity index (χ0v) is 28.3. The van der Waals surface area contributed by atoms with Crippen molar-refractivity contribution in [3.05, 3.63) is 0 Å². The maximum Gasteiger partial charge on any atom is 1.00 e. The predicted molar refractivity (Wildman–Crippen MR) is 152 cm³/mol. The Morgan fingerprint density at radius 3 is 1.15 bits per heavy atom. The summed E-state index contributed by atoms with van der Waals surface area (Å²) in [6.45, 7) is 4.42. The molecule has 0 saturated heterocycles. The quantitative estimate of drug-likeness (QED) is 0.0792. The number of unbranched alkanes of at least 4 members (excludes halogenated alkanes) is 20. The topological polar surface area (TPSA) is 121 Å². The predicted octanol–water partition coefficient (Wildman–Crippen LogP) is 4.87. The third-order valence-electron chi connectivity index (χ3n) is 7.61. The molecule has 39 heavy (non-hydrogen) atoms. The molecule has 0 aliphatic heterocycles. The summed E-state index contributed by atoms with van der Waals surface area (Å²) in [6, 6.07) is 0. The zero-order chi connectivity index (χ0) is 28.5. The number of hydrogen-bond acceptors (Lipinski definition) is 6. The van der Waals surface area contributed by atoms with Gasteiger partial charge in [0.1, 0.15) is 0 Å². The summed E-state index contributed by atoms with van der Waals surface area (Å²) in [6.07, 6.45) is 24.4. The van der Waals surface area contributed by atoms with Crippen LogP contribution in [0.25, 0.3) is 0 Å². The number of carbonyl (C=O) groups excluding carboxylic acids is 2. The number of carbonyl (C=O) groups is 2. The molecule has 0 aromatic rings. The van der Waals surface area contributed by atoms with Crippen LogP contribution in [0, 0.1) is 5.41 Å². The van der Waals surface area contributed by atoms with Crippen LogP contribution in [-0.4, -0.2) is 24.9 Å². The van der Waals surface area contributed by atoms with E-state index < -0.39 is 34.2 Å². The standard InChI is InChI=1S/C30H58O7S.Na/c1-3-5-7-9-11-13-15-17-19-21-23-25-30(27-28(31)32,29(33)37-38(34,35)36)26-24-22-20-18-16-14-12-10-8-6-4-2;/h3-27H2,1-2H3,(H,31,32)(H,34,35,36);/q;+1/p-1. The summed E-state index contributed by atoms with van der Waals surface area (Å²) < 4.78 is 35.9. The van der Waals surface area contributed by atoms with Crippen molar-refractivity contribution in [2.45, 2.75) is 174 Å². The van der Waals surface area contributed by atoms with Crippen molar-refractivity contribution in [2.24, 2.45) is 5.41 Å². The fourth-order valence-electron chi connectivity index (χ4n) is 5.29. The van der Waals surface area contributed by atoms with Crippen molar-refractivity contribution in [2.75, 3.05) is 0 Å². The Morgan fingerprint density at radius 1 is 0.615 bits per heavy atom. The van der Waals surface area contributed by atoms with Gasteiger partial charge in [0.2, 0.25) is 0 Å². The van der Waals surface area contributed by atoms with E-state index in [1.807, 2.05) is 0 Å². The minimum Gasteiger partial charge on any atom is -0.550 e. The Balaban J connectivity index is 0. The van der Waals surface area contributed by atoms with Gasteiger partial charge in [0.25, 0.3) is 0 Å². The monoisotopic (exact) mass is 584 g/mol. The van der Waals surface area contributed by atoms with E-state index in [0.29, 0.717) is 12.8 Å². The largest absolute Gasteiger partial charge is 1.00 e. The fraction of sp³-hybridized carbons (Fsp3) is 0.933. The van der Waals surface area contributed by atoms with Gasteiger partial charge < -0.3 is 14.1 Å². The van der Waals surface area contributed by atoms with Crippen LogP contribution in [0.1, 0.15) is 174 Å². The van der Waals surface area contributed by atoms with Gasteiger partial charge in [0.15, 0.2) is 0 Å². The summed E-state index contributed by atoms with van der Waals surface area (Å²) in [5.41, 5.74) is -1.49. The minimum absolute atomic E-state index is 0. The van der Waals surface area contributed by atoms with Gasteiger partial charge in [-0.25, -0.2) is 0 Å². The second-order valence-corrected chi connectivity index (χ2v) is 12.2. The van der Waals surface area contributed by atoms with Crippen LogP contribution < -0.4 is 34.7 Å². The average Bonchev–Trinajstić information content (AvgIpc) is 2.84. The summed E-state index contributed by atoms with van der Waals surface area (Å²) >= 11 is 0. The molecule has 0 heterocycles. The molecule has 0 aliphatic carbocycles. The SMILES string of the molecule is CCCCCCCCCCCCCC(CCCCCCCCCCCCC)(CC(=O)[O-])C(=O)OS(=O)(=O)O.[Na+]. The summed E-state index contributed by atoms with van der Waals surface area (Å²) in [7, 11) is -5.01. The molecule has 0 aliphatic rings. The van der Waals surface area contributed by atoms with Gasteiger partial charge in [-0.2, -0.15) is 8.42 Å². The molecule has 9 heteroatoms. The van der Waals surface area contributed by atoms with Crippen molar-refractivity contribution < 1.29 is 61.4 Å². The first-order chi connectivity index (χ1) is 18.2. The van der Waals surface area contributed by atoms with Gasteiger partial charge in [-0.1, -0.05) is 155 Å². The smallest absolute Gasteiger partial charge is 0.550 e. The number of aliphatic carboxylic acids is 1. The van der Waals surface area contributed by atoms with Gasteiger partial charge in [-0.05, 0) is 12.8 Å². The summed E-state index contributed by atoms with van der Waals surface area (Å²) in [4.78, 5) is 24.3. The Morgan fingerprint density at radius 2 is 0.897 bits per heavy atom. The molecule has 0 saturated carbocycles. The molecule has 0 aromatic heterocycles. The third kappa shape index (κ3) is 25.3. The van der Waals surface area contributed by atoms with Crippen molar-refractivity contribution in [1.82, 2.24) is 0 Å². The maximum atomic E-state index is 12.8. The molecular weight excluding hydrogens is 527 g/mol. The van der Waals surface area contributed by atoms with E-state index in [0.717, 1.165) is 38.5 Å². The number of rotatable bonds is 28. The van der Waals surface area contributed by atoms with E-state index in [2.05, 4.69) is 18.0 Å². The summed E-state index contributed by atoms with van der Waals surface area (Å²) in [5.74, 6) is -2.59. The van der Waals surface area contributed by atoms with E-state index in [1.54, 1.807) is 0 Å². The van der Waals surface area contributed by atoms with Crippen molar-refractivity contribution in [1.29, 1.82) is 0 Å². The van der Waals surface area contributed by atoms with Crippen molar-refractivity contribution in [3.63, 3.8) is 0 Å². The molecule has 0 amide bonds. The Kier molecular flexibility index (Phi) is 28.1. The average molecular weight is 585 g/mol. The van der Waals surface area contributed by atoms with E-state index >= 15 is 0 Å². The molecule has 0 rings (SSSR count). The van der Waals surface area contributed by atoms with E-state index in [1.165, 1.54) is 89.9 Å². The Labute approximate surface area is 262 Å². The van der Waals surface area contributed by atoms with Crippen LogP contribution in [0.4, 0.5) is 0 Å².